The number of piperidine rings is 1. The molecule has 1 aliphatic rings. The van der Waals surface area contributed by atoms with Crippen LogP contribution in [0.4, 0.5) is 0 Å². The van der Waals surface area contributed by atoms with Crippen molar-refractivity contribution in [2.75, 3.05) is 40.9 Å². The summed E-state index contributed by atoms with van der Waals surface area (Å²) in [6.07, 6.45) is 1.50. The van der Waals surface area contributed by atoms with E-state index in [4.69, 9.17) is 14.2 Å². The molecule has 7 heteroatoms. The minimum Gasteiger partial charge on any atom is -0.493 e. The molecule has 1 N–H and O–H groups in total. The summed E-state index contributed by atoms with van der Waals surface area (Å²) in [5.41, 5.74) is 0. The molecule has 2 rings (SSSR count). The number of ether oxygens (including phenoxy) is 3. The number of nitrogens with zero attached hydrogens (tertiary/aromatic N) is 2. The maximum Gasteiger partial charge on any atom is 0.308 e. The summed E-state index contributed by atoms with van der Waals surface area (Å²) in [5.74, 6) is 2.13. The van der Waals surface area contributed by atoms with Crippen molar-refractivity contribution in [3.05, 3.63) is 24.3 Å². The Morgan fingerprint density at radius 2 is 1.92 bits per heavy atom. The molecule has 1 fully saturated rings. The highest BCUT2D eigenvalue weighted by Crippen LogP contribution is 2.26. The molecule has 0 radical (unpaired) electrons. The van der Waals surface area contributed by atoms with Crippen LogP contribution in [-0.4, -0.2) is 63.8 Å². The molecule has 1 unspecified atom stereocenters. The topological polar surface area (TPSA) is 72.4 Å². The zero-order valence-electron chi connectivity index (χ0n) is 16.0. The number of benzene rings is 1. The number of hydrogen-bond donors (Lipinski definition) is 1. The second-order valence-electron chi connectivity index (χ2n) is 6.29. The molecule has 1 aliphatic heterocycles. The lowest BCUT2D eigenvalue weighted by molar-refractivity contribution is -0.146. The van der Waals surface area contributed by atoms with Crippen LogP contribution in [-0.2, 0) is 9.53 Å². The molecule has 1 saturated heterocycles. The van der Waals surface area contributed by atoms with Crippen molar-refractivity contribution in [3.63, 3.8) is 0 Å². The van der Waals surface area contributed by atoms with E-state index in [1.54, 1.807) is 14.2 Å². The first-order chi connectivity index (χ1) is 12.6. The van der Waals surface area contributed by atoms with Crippen molar-refractivity contribution in [3.8, 4) is 11.5 Å². The van der Waals surface area contributed by atoms with E-state index < -0.39 is 0 Å². The van der Waals surface area contributed by atoms with Crippen LogP contribution in [0.1, 0.15) is 19.8 Å². The van der Waals surface area contributed by atoms with Gasteiger partial charge in [0, 0.05) is 20.1 Å². The number of aliphatic imine (C=N–C) groups is 1. The van der Waals surface area contributed by atoms with Gasteiger partial charge in [0.25, 0.3) is 0 Å². The molecule has 144 valence electrons. The third-order valence-corrected chi connectivity index (χ3v) is 4.49. The standard InChI is InChI=1S/C19H29N3O4/c1-14(26-17-8-6-5-7-16(17)24-3)13-21-19(20-2)22-11-9-15(10-12-22)18(23)25-4/h5-8,14-15H,9-13H2,1-4H3,(H,20,21). The number of rotatable bonds is 6. The summed E-state index contributed by atoms with van der Waals surface area (Å²) in [7, 11) is 4.84. The van der Waals surface area contributed by atoms with Gasteiger partial charge in [-0.15, -0.1) is 0 Å². The van der Waals surface area contributed by atoms with Crippen molar-refractivity contribution in [2.24, 2.45) is 10.9 Å². The van der Waals surface area contributed by atoms with Crippen molar-refractivity contribution in [1.29, 1.82) is 0 Å². The van der Waals surface area contributed by atoms with Gasteiger partial charge >= 0.3 is 5.97 Å². The summed E-state index contributed by atoms with van der Waals surface area (Å²) in [5, 5.41) is 3.35. The summed E-state index contributed by atoms with van der Waals surface area (Å²) in [4.78, 5) is 18.2. The first-order valence-electron chi connectivity index (χ1n) is 8.92. The Kier molecular flexibility index (Phi) is 7.56. The number of guanidine groups is 1. The van der Waals surface area contributed by atoms with Gasteiger partial charge in [0.15, 0.2) is 17.5 Å². The zero-order valence-corrected chi connectivity index (χ0v) is 16.0. The van der Waals surface area contributed by atoms with Crippen molar-refractivity contribution in [2.45, 2.75) is 25.9 Å². The Hall–Kier alpha value is -2.44. The summed E-state index contributed by atoms with van der Waals surface area (Å²) in [6, 6.07) is 7.60. The number of hydrogen-bond acceptors (Lipinski definition) is 5. The van der Waals surface area contributed by atoms with Gasteiger partial charge in [0.1, 0.15) is 6.10 Å². The number of para-hydroxylation sites is 2. The molecule has 1 aromatic rings. The minimum atomic E-state index is -0.119. The van der Waals surface area contributed by atoms with E-state index in [9.17, 15) is 4.79 Å². The fourth-order valence-corrected chi connectivity index (χ4v) is 3.04. The van der Waals surface area contributed by atoms with E-state index in [0.29, 0.717) is 12.3 Å². The van der Waals surface area contributed by atoms with Crippen LogP contribution in [0.15, 0.2) is 29.3 Å². The molecule has 0 spiro atoms. The fraction of sp³-hybridized carbons (Fsp3) is 0.579. The van der Waals surface area contributed by atoms with Gasteiger partial charge in [-0.2, -0.15) is 0 Å². The van der Waals surface area contributed by atoms with E-state index in [2.05, 4.69) is 15.2 Å². The summed E-state index contributed by atoms with van der Waals surface area (Å²) >= 11 is 0. The van der Waals surface area contributed by atoms with Gasteiger partial charge in [-0.25, -0.2) is 0 Å². The van der Waals surface area contributed by atoms with Gasteiger partial charge in [0.05, 0.1) is 26.7 Å². The molecule has 7 nitrogen and oxygen atoms in total. The van der Waals surface area contributed by atoms with Crippen LogP contribution in [0.5, 0.6) is 11.5 Å². The monoisotopic (exact) mass is 363 g/mol. The maximum absolute atomic E-state index is 11.6. The smallest absolute Gasteiger partial charge is 0.308 e. The van der Waals surface area contributed by atoms with Gasteiger partial charge in [-0.3, -0.25) is 9.79 Å². The molecular weight excluding hydrogens is 334 g/mol. The molecule has 0 bridgehead atoms. The molecule has 1 atom stereocenters. The number of carbonyl (C=O) groups is 1. The summed E-state index contributed by atoms with van der Waals surface area (Å²) < 4.78 is 16.1. The molecule has 0 amide bonds. The Morgan fingerprint density at radius 1 is 1.27 bits per heavy atom. The zero-order chi connectivity index (χ0) is 18.9. The predicted octanol–water partition coefficient (Wildman–Crippen LogP) is 1.92. The molecule has 0 aliphatic carbocycles. The molecular formula is C19H29N3O4. The van der Waals surface area contributed by atoms with E-state index in [1.807, 2.05) is 31.2 Å². The molecule has 26 heavy (non-hydrogen) atoms. The SMILES string of the molecule is CN=C(NCC(C)Oc1ccccc1OC)N1CCC(C(=O)OC)CC1. The second kappa shape index (κ2) is 9.89. The first kappa shape index (κ1) is 19.9. The molecule has 1 heterocycles. The van der Waals surface area contributed by atoms with Crippen LogP contribution < -0.4 is 14.8 Å². The third-order valence-electron chi connectivity index (χ3n) is 4.49. The van der Waals surface area contributed by atoms with E-state index in [1.165, 1.54) is 7.11 Å². The van der Waals surface area contributed by atoms with E-state index in [0.717, 1.165) is 37.6 Å². The minimum absolute atomic E-state index is 0.0119. The van der Waals surface area contributed by atoms with E-state index >= 15 is 0 Å². The molecule has 0 aromatic heterocycles. The Labute approximate surface area is 155 Å². The lowest BCUT2D eigenvalue weighted by atomic mass is 9.97. The van der Waals surface area contributed by atoms with Crippen LogP contribution in [0, 0.1) is 5.92 Å². The number of methoxy groups -OCH3 is 2. The third kappa shape index (κ3) is 5.28. The normalized spacial score (nSPS) is 16.8. The number of likely N-dealkylation sites (tertiary alicyclic amines) is 1. The average Bonchev–Trinajstić information content (AvgIpc) is 2.68. The number of esters is 1. The lowest BCUT2D eigenvalue weighted by Gasteiger charge is -2.33. The van der Waals surface area contributed by atoms with Gasteiger partial charge in [-0.05, 0) is 31.9 Å². The van der Waals surface area contributed by atoms with Crippen molar-refractivity contribution in [1.82, 2.24) is 10.2 Å². The molecule has 1 aromatic carbocycles. The quantitative estimate of drug-likeness (QED) is 0.473. The second-order valence-corrected chi connectivity index (χ2v) is 6.29. The number of nitrogens with one attached hydrogen (secondary N) is 1. The molecule has 0 saturated carbocycles. The van der Waals surface area contributed by atoms with E-state index in [-0.39, 0.29) is 18.0 Å². The van der Waals surface area contributed by atoms with Crippen molar-refractivity contribution < 1.29 is 19.0 Å². The van der Waals surface area contributed by atoms with Gasteiger partial charge in [-0.1, -0.05) is 12.1 Å². The van der Waals surface area contributed by atoms with Crippen LogP contribution in [0.2, 0.25) is 0 Å². The Balaban J connectivity index is 1.82. The highest BCUT2D eigenvalue weighted by Gasteiger charge is 2.27. The Morgan fingerprint density at radius 3 is 2.50 bits per heavy atom. The highest BCUT2D eigenvalue weighted by atomic mass is 16.5. The summed E-state index contributed by atoms with van der Waals surface area (Å²) in [6.45, 7) is 4.17. The largest absolute Gasteiger partial charge is 0.493 e. The van der Waals surface area contributed by atoms with Crippen LogP contribution >= 0.6 is 0 Å². The predicted molar refractivity (Wildman–Crippen MR) is 101 cm³/mol. The van der Waals surface area contributed by atoms with Crippen LogP contribution in [0.25, 0.3) is 0 Å². The number of carbonyl (C=O) groups excluding carboxylic acids is 1. The van der Waals surface area contributed by atoms with Crippen molar-refractivity contribution >= 4 is 11.9 Å². The van der Waals surface area contributed by atoms with Gasteiger partial charge in [0.2, 0.25) is 0 Å². The maximum atomic E-state index is 11.6. The lowest BCUT2D eigenvalue weighted by Crippen LogP contribution is -2.48. The first-order valence-corrected chi connectivity index (χ1v) is 8.92. The highest BCUT2D eigenvalue weighted by molar-refractivity contribution is 5.80. The van der Waals surface area contributed by atoms with Gasteiger partial charge < -0.3 is 24.4 Å². The average molecular weight is 363 g/mol. The fourth-order valence-electron chi connectivity index (χ4n) is 3.04. The van der Waals surface area contributed by atoms with Crippen LogP contribution in [0.3, 0.4) is 0 Å². The Bertz CT molecular complexity index is 613.